The third kappa shape index (κ3) is 5.05. The second-order valence-corrected chi connectivity index (χ2v) is 7.38. The molecule has 0 fully saturated rings. The molecule has 0 bridgehead atoms. The summed E-state index contributed by atoms with van der Waals surface area (Å²) >= 11 is 7.77. The van der Waals surface area contributed by atoms with Crippen molar-refractivity contribution in [2.24, 2.45) is 0 Å². The van der Waals surface area contributed by atoms with Crippen LogP contribution in [-0.2, 0) is 4.79 Å². The van der Waals surface area contributed by atoms with Gasteiger partial charge in [0.05, 0.1) is 19.0 Å². The molecule has 6 heteroatoms. The predicted molar refractivity (Wildman–Crippen MR) is 104 cm³/mol. The quantitative estimate of drug-likeness (QED) is 0.707. The lowest BCUT2D eigenvalue weighted by molar-refractivity contribution is -0.119. The Bertz CT molecular complexity index is 755. The van der Waals surface area contributed by atoms with Crippen molar-refractivity contribution in [2.75, 3.05) is 25.0 Å². The fraction of sp³-hybridized carbons (Fsp3) is 0.368. The van der Waals surface area contributed by atoms with Crippen LogP contribution in [-0.4, -0.2) is 30.9 Å². The van der Waals surface area contributed by atoms with E-state index in [1.807, 2.05) is 42.5 Å². The van der Waals surface area contributed by atoms with Crippen LogP contribution in [0.4, 0.5) is 5.69 Å². The lowest BCUT2D eigenvalue weighted by Crippen LogP contribution is -2.40. The van der Waals surface area contributed by atoms with Crippen molar-refractivity contribution < 1.29 is 4.79 Å². The van der Waals surface area contributed by atoms with Gasteiger partial charge in [0.25, 0.3) is 0 Å². The number of carbonyl (C=O) groups excluding carboxylic acids is 1. The zero-order valence-electron chi connectivity index (χ0n) is 14.7. The smallest absolute Gasteiger partial charge is 0.241 e. The zero-order valence-corrected chi connectivity index (χ0v) is 16.3. The maximum Gasteiger partial charge on any atom is 0.241 e. The summed E-state index contributed by atoms with van der Waals surface area (Å²) in [6, 6.07) is 11.9. The number of carbonyl (C=O) groups is 1. The molecule has 132 valence electrons. The van der Waals surface area contributed by atoms with Crippen LogP contribution in [0.2, 0.25) is 5.02 Å². The van der Waals surface area contributed by atoms with Crippen LogP contribution < -0.4 is 4.90 Å². The number of likely N-dealkylation sites (N-methyl/N-ethyl adjacent to an activating group) is 1. The van der Waals surface area contributed by atoms with Crippen molar-refractivity contribution in [3.8, 4) is 6.07 Å². The van der Waals surface area contributed by atoms with E-state index >= 15 is 0 Å². The summed E-state index contributed by atoms with van der Waals surface area (Å²) in [6.07, 6.45) is 0.289. The number of nitriles is 1. The van der Waals surface area contributed by atoms with Crippen molar-refractivity contribution in [3.05, 3.63) is 51.2 Å². The first-order chi connectivity index (χ1) is 11.9. The van der Waals surface area contributed by atoms with Crippen LogP contribution in [0.25, 0.3) is 0 Å². The molecule has 25 heavy (non-hydrogen) atoms. The molecule has 2 rings (SSSR count). The van der Waals surface area contributed by atoms with E-state index in [1.165, 1.54) is 4.88 Å². The number of rotatable bonds is 7. The van der Waals surface area contributed by atoms with Crippen molar-refractivity contribution in [3.63, 3.8) is 0 Å². The molecule has 0 aliphatic heterocycles. The molecular weight excluding hydrogens is 354 g/mol. The Labute approximate surface area is 158 Å². The van der Waals surface area contributed by atoms with E-state index in [0.29, 0.717) is 11.6 Å². The molecule has 1 aromatic heterocycles. The van der Waals surface area contributed by atoms with Gasteiger partial charge >= 0.3 is 0 Å². The normalized spacial score (nSPS) is 12.0. The summed E-state index contributed by atoms with van der Waals surface area (Å²) in [6.45, 7) is 4.65. The molecule has 1 heterocycles. The fourth-order valence-corrected chi connectivity index (χ4v) is 3.50. The number of anilines is 1. The minimum Gasteiger partial charge on any atom is -0.310 e. The molecule has 0 saturated carbocycles. The molecule has 0 spiro atoms. The fourth-order valence-electron chi connectivity index (χ4n) is 2.54. The minimum absolute atomic E-state index is 0.0251. The number of benzene rings is 1. The van der Waals surface area contributed by atoms with E-state index in [9.17, 15) is 4.79 Å². The SMILES string of the molecule is Cc1cc(N(CCC#N)C(=O)CN(C)C(C)c2cccs2)ccc1Cl. The van der Waals surface area contributed by atoms with Gasteiger partial charge in [-0.2, -0.15) is 5.26 Å². The van der Waals surface area contributed by atoms with Gasteiger partial charge in [-0.05, 0) is 56.1 Å². The Morgan fingerprint density at radius 3 is 2.76 bits per heavy atom. The average molecular weight is 376 g/mol. The van der Waals surface area contributed by atoms with E-state index in [-0.39, 0.29) is 24.9 Å². The number of aryl methyl sites for hydroxylation is 1. The monoisotopic (exact) mass is 375 g/mol. The van der Waals surface area contributed by atoms with E-state index in [0.717, 1.165) is 11.3 Å². The highest BCUT2D eigenvalue weighted by molar-refractivity contribution is 7.10. The van der Waals surface area contributed by atoms with Crippen molar-refractivity contribution in [1.29, 1.82) is 5.26 Å². The maximum absolute atomic E-state index is 12.9. The van der Waals surface area contributed by atoms with Crippen LogP contribution in [0.5, 0.6) is 0 Å². The summed E-state index contributed by atoms with van der Waals surface area (Å²) in [5.74, 6) is -0.0251. The number of hydrogen-bond donors (Lipinski definition) is 0. The highest BCUT2D eigenvalue weighted by Gasteiger charge is 2.21. The predicted octanol–water partition coefficient (Wildman–Crippen LogP) is 4.65. The highest BCUT2D eigenvalue weighted by Crippen LogP contribution is 2.25. The van der Waals surface area contributed by atoms with Gasteiger partial charge in [-0.15, -0.1) is 11.3 Å². The minimum atomic E-state index is -0.0251. The summed E-state index contributed by atoms with van der Waals surface area (Å²) in [5.41, 5.74) is 1.69. The van der Waals surface area contributed by atoms with Crippen LogP contribution in [0, 0.1) is 18.3 Å². The third-order valence-corrected chi connectivity index (χ3v) is 5.67. The van der Waals surface area contributed by atoms with E-state index in [4.69, 9.17) is 16.9 Å². The molecule has 0 radical (unpaired) electrons. The molecule has 0 saturated heterocycles. The van der Waals surface area contributed by atoms with Crippen molar-refractivity contribution in [1.82, 2.24) is 4.90 Å². The van der Waals surface area contributed by atoms with Gasteiger partial charge in [-0.25, -0.2) is 0 Å². The Balaban J connectivity index is 2.15. The van der Waals surface area contributed by atoms with E-state index in [1.54, 1.807) is 22.3 Å². The number of nitrogens with zero attached hydrogens (tertiary/aromatic N) is 3. The average Bonchev–Trinajstić information content (AvgIpc) is 3.12. The number of hydrogen-bond acceptors (Lipinski definition) is 4. The van der Waals surface area contributed by atoms with Gasteiger partial charge in [-0.3, -0.25) is 9.69 Å². The third-order valence-electron chi connectivity index (χ3n) is 4.20. The zero-order chi connectivity index (χ0) is 18.4. The molecule has 1 atom stereocenters. The van der Waals surface area contributed by atoms with Crippen LogP contribution in [0.1, 0.15) is 29.8 Å². The molecule has 1 amide bonds. The Morgan fingerprint density at radius 1 is 1.40 bits per heavy atom. The standard InChI is InChI=1S/C19H22ClN3OS/c1-14-12-16(7-8-17(14)20)23(10-5-9-21)19(24)13-22(3)15(2)18-6-4-11-25-18/h4,6-8,11-12,15H,5,10,13H2,1-3H3. The summed E-state index contributed by atoms with van der Waals surface area (Å²) < 4.78 is 0. The Kier molecular flexibility index (Phi) is 7.01. The first kappa shape index (κ1) is 19.5. The van der Waals surface area contributed by atoms with Gasteiger partial charge in [0, 0.05) is 28.2 Å². The molecule has 4 nitrogen and oxygen atoms in total. The van der Waals surface area contributed by atoms with Crippen molar-refractivity contribution >= 4 is 34.5 Å². The Hall–Kier alpha value is -1.87. The van der Waals surface area contributed by atoms with Gasteiger partial charge in [-0.1, -0.05) is 17.7 Å². The number of thiophene rings is 1. The lowest BCUT2D eigenvalue weighted by Gasteiger charge is -2.28. The first-order valence-corrected chi connectivity index (χ1v) is 9.37. The molecule has 0 N–H and O–H groups in total. The first-order valence-electron chi connectivity index (χ1n) is 8.11. The molecule has 0 aliphatic carbocycles. The molecule has 0 aliphatic rings. The van der Waals surface area contributed by atoms with Gasteiger partial charge in [0.2, 0.25) is 5.91 Å². The number of halogens is 1. The van der Waals surface area contributed by atoms with Crippen LogP contribution >= 0.6 is 22.9 Å². The summed E-state index contributed by atoms with van der Waals surface area (Å²) in [5, 5.41) is 11.6. The topological polar surface area (TPSA) is 47.3 Å². The largest absolute Gasteiger partial charge is 0.310 e. The molecule has 1 aromatic carbocycles. The van der Waals surface area contributed by atoms with Crippen LogP contribution in [0.15, 0.2) is 35.7 Å². The van der Waals surface area contributed by atoms with E-state index in [2.05, 4.69) is 19.1 Å². The molecule has 1 unspecified atom stereocenters. The maximum atomic E-state index is 12.9. The summed E-state index contributed by atoms with van der Waals surface area (Å²) in [7, 11) is 1.94. The van der Waals surface area contributed by atoms with Gasteiger partial charge in [0.1, 0.15) is 0 Å². The van der Waals surface area contributed by atoms with Crippen molar-refractivity contribution in [2.45, 2.75) is 26.3 Å². The lowest BCUT2D eigenvalue weighted by atomic mass is 10.2. The van der Waals surface area contributed by atoms with Gasteiger partial charge in [0.15, 0.2) is 0 Å². The number of amides is 1. The van der Waals surface area contributed by atoms with E-state index < -0.39 is 0 Å². The highest BCUT2D eigenvalue weighted by atomic mass is 35.5. The Morgan fingerprint density at radius 2 is 2.16 bits per heavy atom. The second kappa shape index (κ2) is 9.00. The summed E-state index contributed by atoms with van der Waals surface area (Å²) in [4.78, 5) is 17.8. The van der Waals surface area contributed by atoms with Gasteiger partial charge < -0.3 is 4.90 Å². The molecular formula is C19H22ClN3OS. The molecule has 2 aromatic rings. The second-order valence-electron chi connectivity index (χ2n) is 5.99. The van der Waals surface area contributed by atoms with Crippen LogP contribution in [0.3, 0.4) is 0 Å².